The monoisotopic (exact) mass is 441 g/mol. The van der Waals surface area contributed by atoms with E-state index in [9.17, 15) is 9.59 Å². The van der Waals surface area contributed by atoms with Gasteiger partial charge in [-0.1, -0.05) is 48.5 Å². The second-order valence-electron chi connectivity index (χ2n) is 8.49. The van der Waals surface area contributed by atoms with Gasteiger partial charge in [-0.05, 0) is 24.1 Å². The average Bonchev–Trinajstić information content (AvgIpc) is 3.42. The summed E-state index contributed by atoms with van der Waals surface area (Å²) in [5.41, 5.74) is 5.09. The maximum Gasteiger partial charge on any atom is 0.244 e. The highest BCUT2D eigenvalue weighted by Crippen LogP contribution is 2.22. The summed E-state index contributed by atoms with van der Waals surface area (Å²) >= 11 is 0. The van der Waals surface area contributed by atoms with Crippen LogP contribution in [0.3, 0.4) is 0 Å². The molecule has 0 atom stereocenters. The number of H-pyrrole nitrogens is 1. The molecule has 33 heavy (non-hydrogen) atoms. The zero-order valence-electron chi connectivity index (χ0n) is 18.7. The van der Waals surface area contributed by atoms with E-state index in [0.29, 0.717) is 32.6 Å². The standard InChI is InChI=1S/C26H27N5O2/c1-19-23(20-7-3-2-4-8-20)17-31(28-19)18-26(33)30-13-11-29(12-14-30)25(32)15-21-16-27-24-10-6-5-9-22(21)24/h2-10,16-17,27H,11-15,18H2,1H3. The Morgan fingerprint density at radius 2 is 1.58 bits per heavy atom. The molecule has 168 valence electrons. The minimum Gasteiger partial charge on any atom is -0.361 e. The molecule has 1 saturated heterocycles. The Kier molecular flexibility index (Phi) is 5.69. The number of para-hydroxylation sites is 1. The Morgan fingerprint density at radius 3 is 2.33 bits per heavy atom. The van der Waals surface area contributed by atoms with Gasteiger partial charge in [0.25, 0.3) is 0 Å². The van der Waals surface area contributed by atoms with Crippen molar-refractivity contribution >= 4 is 22.7 Å². The van der Waals surface area contributed by atoms with Crippen LogP contribution in [0.2, 0.25) is 0 Å². The number of nitrogens with zero attached hydrogens (tertiary/aromatic N) is 4. The lowest BCUT2D eigenvalue weighted by Gasteiger charge is -2.34. The molecule has 0 unspecified atom stereocenters. The van der Waals surface area contributed by atoms with Crippen LogP contribution in [0.15, 0.2) is 67.0 Å². The molecule has 0 spiro atoms. The zero-order chi connectivity index (χ0) is 22.8. The molecule has 1 N–H and O–H groups in total. The van der Waals surface area contributed by atoms with Crippen LogP contribution in [-0.2, 0) is 22.6 Å². The molecule has 7 heteroatoms. The summed E-state index contributed by atoms with van der Waals surface area (Å²) in [7, 11) is 0. The summed E-state index contributed by atoms with van der Waals surface area (Å²) in [6.45, 7) is 4.37. The Hall–Kier alpha value is -3.87. The van der Waals surface area contributed by atoms with Gasteiger partial charge in [-0.2, -0.15) is 5.10 Å². The van der Waals surface area contributed by atoms with Crippen LogP contribution in [0, 0.1) is 6.92 Å². The van der Waals surface area contributed by atoms with E-state index in [0.717, 1.165) is 33.3 Å². The number of nitrogens with one attached hydrogen (secondary N) is 1. The summed E-state index contributed by atoms with van der Waals surface area (Å²) in [5.74, 6) is 0.128. The van der Waals surface area contributed by atoms with Gasteiger partial charge in [0.05, 0.1) is 12.1 Å². The fourth-order valence-corrected chi connectivity index (χ4v) is 4.50. The third-order valence-electron chi connectivity index (χ3n) is 6.33. The van der Waals surface area contributed by atoms with Crippen LogP contribution in [0.5, 0.6) is 0 Å². The lowest BCUT2D eigenvalue weighted by Crippen LogP contribution is -2.51. The number of carbonyl (C=O) groups excluding carboxylic acids is 2. The molecule has 0 aliphatic carbocycles. The number of aromatic nitrogens is 3. The Balaban J connectivity index is 1.16. The van der Waals surface area contributed by atoms with Crippen molar-refractivity contribution in [2.45, 2.75) is 19.9 Å². The normalized spacial score (nSPS) is 14.1. The first kappa shape index (κ1) is 21.0. The molecule has 0 radical (unpaired) electrons. The SMILES string of the molecule is Cc1nn(CC(=O)N2CCN(C(=O)Cc3c[nH]c4ccccc34)CC2)cc1-c1ccccc1. The highest BCUT2D eigenvalue weighted by atomic mass is 16.2. The van der Waals surface area contributed by atoms with Gasteiger partial charge in [-0.25, -0.2) is 0 Å². The first-order valence-corrected chi connectivity index (χ1v) is 11.3. The van der Waals surface area contributed by atoms with Crippen molar-refractivity contribution in [3.63, 3.8) is 0 Å². The minimum atomic E-state index is 0.0286. The molecule has 2 aromatic carbocycles. The van der Waals surface area contributed by atoms with Crippen LogP contribution < -0.4 is 0 Å². The van der Waals surface area contributed by atoms with Crippen molar-refractivity contribution in [2.24, 2.45) is 0 Å². The molecule has 4 aromatic rings. The fourth-order valence-electron chi connectivity index (χ4n) is 4.50. The third-order valence-corrected chi connectivity index (χ3v) is 6.33. The lowest BCUT2D eigenvalue weighted by molar-refractivity contribution is -0.139. The molecule has 7 nitrogen and oxygen atoms in total. The highest BCUT2D eigenvalue weighted by Gasteiger charge is 2.25. The minimum absolute atomic E-state index is 0.0286. The molecule has 1 aliphatic rings. The first-order chi connectivity index (χ1) is 16.1. The van der Waals surface area contributed by atoms with Gasteiger partial charge in [0, 0.05) is 55.0 Å². The van der Waals surface area contributed by atoms with E-state index in [1.807, 2.05) is 83.7 Å². The second-order valence-corrected chi connectivity index (χ2v) is 8.49. The third kappa shape index (κ3) is 4.39. The van der Waals surface area contributed by atoms with Crippen LogP contribution >= 0.6 is 0 Å². The quantitative estimate of drug-likeness (QED) is 0.517. The van der Waals surface area contributed by atoms with Crippen LogP contribution in [-0.4, -0.2) is 62.6 Å². The van der Waals surface area contributed by atoms with Crippen molar-refractivity contribution in [1.29, 1.82) is 0 Å². The summed E-state index contributed by atoms with van der Waals surface area (Å²) in [4.78, 5) is 32.6. The predicted molar refractivity (Wildman–Crippen MR) is 128 cm³/mol. The summed E-state index contributed by atoms with van der Waals surface area (Å²) in [6.07, 6.45) is 4.22. The second kappa shape index (κ2) is 8.94. The largest absolute Gasteiger partial charge is 0.361 e. The van der Waals surface area contributed by atoms with Gasteiger partial charge >= 0.3 is 0 Å². The van der Waals surface area contributed by atoms with Crippen molar-refractivity contribution in [1.82, 2.24) is 24.6 Å². The van der Waals surface area contributed by atoms with Crippen molar-refractivity contribution in [3.8, 4) is 11.1 Å². The number of benzene rings is 2. The van der Waals surface area contributed by atoms with Crippen LogP contribution in [0.25, 0.3) is 22.0 Å². The van der Waals surface area contributed by atoms with E-state index in [2.05, 4.69) is 10.1 Å². The number of amides is 2. The summed E-state index contributed by atoms with van der Waals surface area (Å²) < 4.78 is 1.72. The Morgan fingerprint density at radius 1 is 0.909 bits per heavy atom. The molecule has 2 aromatic heterocycles. The number of piperazine rings is 1. The molecule has 1 fully saturated rings. The summed E-state index contributed by atoms with van der Waals surface area (Å²) in [5, 5.41) is 5.62. The number of aromatic amines is 1. The topological polar surface area (TPSA) is 74.2 Å². The maximum atomic E-state index is 12.9. The molecule has 1 aliphatic heterocycles. The zero-order valence-corrected chi connectivity index (χ0v) is 18.7. The summed E-state index contributed by atoms with van der Waals surface area (Å²) in [6, 6.07) is 18.1. The number of fused-ring (bicyclic) bond motifs is 1. The van der Waals surface area contributed by atoms with Gasteiger partial charge in [0.15, 0.2) is 0 Å². The molecule has 0 saturated carbocycles. The average molecular weight is 442 g/mol. The van der Waals surface area contributed by atoms with Gasteiger partial charge in [0.2, 0.25) is 11.8 Å². The molecule has 2 amide bonds. The van der Waals surface area contributed by atoms with Crippen molar-refractivity contribution in [2.75, 3.05) is 26.2 Å². The van der Waals surface area contributed by atoms with Crippen LogP contribution in [0.1, 0.15) is 11.3 Å². The van der Waals surface area contributed by atoms with E-state index >= 15 is 0 Å². The van der Waals surface area contributed by atoms with Gasteiger partial charge in [0.1, 0.15) is 6.54 Å². The smallest absolute Gasteiger partial charge is 0.244 e. The molecule has 3 heterocycles. The highest BCUT2D eigenvalue weighted by molar-refractivity contribution is 5.89. The van der Waals surface area contributed by atoms with E-state index in [1.165, 1.54) is 0 Å². The fraction of sp³-hybridized carbons (Fsp3) is 0.269. The lowest BCUT2D eigenvalue weighted by atomic mass is 10.1. The van der Waals surface area contributed by atoms with E-state index in [-0.39, 0.29) is 18.4 Å². The maximum absolute atomic E-state index is 12.9. The van der Waals surface area contributed by atoms with Crippen molar-refractivity contribution in [3.05, 3.63) is 78.2 Å². The van der Waals surface area contributed by atoms with Gasteiger partial charge in [-0.3, -0.25) is 14.3 Å². The number of aryl methyl sites for hydroxylation is 1. The van der Waals surface area contributed by atoms with E-state index < -0.39 is 0 Å². The number of hydrogen-bond acceptors (Lipinski definition) is 3. The predicted octanol–water partition coefficient (Wildman–Crippen LogP) is 3.25. The number of hydrogen-bond donors (Lipinski definition) is 1. The van der Waals surface area contributed by atoms with E-state index in [4.69, 9.17) is 0 Å². The van der Waals surface area contributed by atoms with Crippen molar-refractivity contribution < 1.29 is 9.59 Å². The molecular formula is C26H27N5O2. The number of carbonyl (C=O) groups is 2. The molecule has 0 bridgehead atoms. The number of rotatable bonds is 5. The molecular weight excluding hydrogens is 414 g/mol. The van der Waals surface area contributed by atoms with E-state index in [1.54, 1.807) is 4.68 Å². The van der Waals surface area contributed by atoms with Crippen LogP contribution in [0.4, 0.5) is 0 Å². The van der Waals surface area contributed by atoms with Gasteiger partial charge < -0.3 is 14.8 Å². The Labute approximate surface area is 192 Å². The Bertz CT molecular complexity index is 1280. The van der Waals surface area contributed by atoms with Gasteiger partial charge in [-0.15, -0.1) is 0 Å². The first-order valence-electron chi connectivity index (χ1n) is 11.3. The molecule has 5 rings (SSSR count).